The van der Waals surface area contributed by atoms with E-state index < -0.39 is 5.91 Å². The number of rotatable bonds is 5. The molecule has 0 bridgehead atoms. The van der Waals surface area contributed by atoms with E-state index in [4.69, 9.17) is 5.73 Å². The van der Waals surface area contributed by atoms with E-state index in [-0.39, 0.29) is 5.88 Å². The maximum Gasteiger partial charge on any atom is 0.248 e. The molecular weight excluding hydrogens is 354 g/mol. The van der Waals surface area contributed by atoms with Crippen LogP contribution in [0, 0.1) is 0 Å². The Labute approximate surface area is 163 Å². The van der Waals surface area contributed by atoms with Gasteiger partial charge in [0.2, 0.25) is 11.8 Å². The molecule has 0 spiro atoms. The first-order valence-corrected chi connectivity index (χ1v) is 9.33. The lowest BCUT2D eigenvalue weighted by Crippen LogP contribution is -2.35. The molecule has 3 N–H and O–H groups in total. The zero-order valence-electron chi connectivity index (χ0n) is 15.7. The van der Waals surface area contributed by atoms with Gasteiger partial charge < -0.3 is 10.8 Å². The lowest BCUT2D eigenvalue weighted by Gasteiger charge is -2.30. The average Bonchev–Trinajstić information content (AvgIpc) is 3.05. The maximum absolute atomic E-state index is 11.2. The lowest BCUT2D eigenvalue weighted by molar-refractivity contribution is 0.1000. The van der Waals surface area contributed by atoms with E-state index in [1.807, 2.05) is 30.3 Å². The molecule has 28 heavy (non-hydrogen) atoms. The van der Waals surface area contributed by atoms with Crippen molar-refractivity contribution >= 4 is 5.91 Å². The number of nitrogens with zero attached hydrogens (tertiary/aromatic N) is 4. The second kappa shape index (κ2) is 7.44. The number of benzene rings is 1. The molecule has 2 aromatic heterocycles. The number of aryl methyl sites for hydroxylation is 1. The van der Waals surface area contributed by atoms with Crippen molar-refractivity contribution in [2.45, 2.75) is 31.8 Å². The second-order valence-corrected chi connectivity index (χ2v) is 7.22. The van der Waals surface area contributed by atoms with Gasteiger partial charge in [-0.15, -0.1) is 0 Å². The molecule has 1 aromatic carbocycles. The van der Waals surface area contributed by atoms with Crippen molar-refractivity contribution in [3.8, 4) is 11.7 Å². The Morgan fingerprint density at radius 3 is 2.75 bits per heavy atom. The molecule has 3 aromatic rings. The number of likely N-dealkylation sites (N-methyl/N-ethyl adjacent to an activating group) is 1. The molecule has 0 aliphatic heterocycles. The Morgan fingerprint density at radius 2 is 2.07 bits per heavy atom. The molecule has 7 heteroatoms. The number of hydrogen-bond acceptors (Lipinski definition) is 5. The van der Waals surface area contributed by atoms with Gasteiger partial charge in [0.15, 0.2) is 5.82 Å². The molecular formula is C21H23N5O2. The van der Waals surface area contributed by atoms with Gasteiger partial charge in [0.25, 0.3) is 0 Å². The van der Waals surface area contributed by atoms with Crippen molar-refractivity contribution < 1.29 is 9.90 Å². The fraction of sp³-hybridized carbons (Fsp3) is 0.286. The van der Waals surface area contributed by atoms with Crippen LogP contribution in [0.4, 0.5) is 0 Å². The van der Waals surface area contributed by atoms with Crippen molar-refractivity contribution in [3.05, 3.63) is 71.0 Å². The molecule has 0 fully saturated rings. The third-order valence-corrected chi connectivity index (χ3v) is 5.35. The highest BCUT2D eigenvalue weighted by molar-refractivity contribution is 5.92. The molecule has 7 nitrogen and oxygen atoms in total. The summed E-state index contributed by atoms with van der Waals surface area (Å²) in [5, 5.41) is 15.3. The van der Waals surface area contributed by atoms with E-state index in [2.05, 4.69) is 22.0 Å². The van der Waals surface area contributed by atoms with Gasteiger partial charge in [-0.2, -0.15) is 9.78 Å². The van der Waals surface area contributed by atoms with Gasteiger partial charge in [-0.3, -0.25) is 9.69 Å². The van der Waals surface area contributed by atoms with E-state index >= 15 is 0 Å². The highest BCUT2D eigenvalue weighted by Gasteiger charge is 2.28. The number of pyridine rings is 1. The summed E-state index contributed by atoms with van der Waals surface area (Å²) in [6.45, 7) is 0.758. The average molecular weight is 377 g/mol. The number of aromatic hydroxyl groups is 1. The van der Waals surface area contributed by atoms with E-state index in [1.165, 1.54) is 4.68 Å². The van der Waals surface area contributed by atoms with Crippen molar-refractivity contribution in [2.24, 2.45) is 5.73 Å². The molecule has 1 amide bonds. The number of carbonyl (C=O) groups excluding carboxylic acids is 1. The summed E-state index contributed by atoms with van der Waals surface area (Å²) in [5.74, 6) is 0.381. The zero-order chi connectivity index (χ0) is 19.7. The van der Waals surface area contributed by atoms with Crippen LogP contribution in [0.3, 0.4) is 0 Å². The third-order valence-electron chi connectivity index (χ3n) is 5.35. The van der Waals surface area contributed by atoms with Crippen LogP contribution < -0.4 is 5.73 Å². The van der Waals surface area contributed by atoms with Gasteiger partial charge in [-0.1, -0.05) is 18.2 Å². The molecule has 2 heterocycles. The normalized spacial score (nSPS) is 16.1. The first kappa shape index (κ1) is 18.2. The number of fused-ring (bicyclic) bond motifs is 1. The highest BCUT2D eigenvalue weighted by Crippen LogP contribution is 2.32. The SMILES string of the molecule is CN(Cc1ccc(C(N)=O)cc1)C1CCc2nn(-c3ccccn3)c(O)c2C1. The molecule has 1 atom stereocenters. The van der Waals surface area contributed by atoms with E-state index in [1.54, 1.807) is 18.3 Å². The topological polar surface area (TPSA) is 97.3 Å². The van der Waals surface area contributed by atoms with Gasteiger partial charge in [0.05, 0.1) is 5.69 Å². The predicted octanol–water partition coefficient (Wildman–Crippen LogP) is 2.06. The van der Waals surface area contributed by atoms with Crippen LogP contribution in [0.2, 0.25) is 0 Å². The van der Waals surface area contributed by atoms with Gasteiger partial charge in [-0.25, -0.2) is 4.98 Å². The molecule has 0 saturated heterocycles. The van der Waals surface area contributed by atoms with Crippen molar-refractivity contribution in [3.63, 3.8) is 0 Å². The largest absolute Gasteiger partial charge is 0.493 e. The maximum atomic E-state index is 11.2. The van der Waals surface area contributed by atoms with E-state index in [0.29, 0.717) is 17.4 Å². The van der Waals surface area contributed by atoms with Crippen LogP contribution in [-0.4, -0.2) is 43.8 Å². The molecule has 1 unspecified atom stereocenters. The van der Waals surface area contributed by atoms with Gasteiger partial charge in [0.1, 0.15) is 0 Å². The van der Waals surface area contributed by atoms with Crippen molar-refractivity contribution in [1.29, 1.82) is 0 Å². The summed E-state index contributed by atoms with van der Waals surface area (Å²) >= 11 is 0. The zero-order valence-corrected chi connectivity index (χ0v) is 15.7. The minimum atomic E-state index is -0.417. The van der Waals surface area contributed by atoms with Crippen LogP contribution in [0.15, 0.2) is 48.7 Å². The fourth-order valence-corrected chi connectivity index (χ4v) is 3.74. The van der Waals surface area contributed by atoms with E-state index in [9.17, 15) is 9.90 Å². The molecule has 144 valence electrons. The number of nitrogens with two attached hydrogens (primary N) is 1. The minimum Gasteiger partial charge on any atom is -0.493 e. The third kappa shape index (κ3) is 3.48. The summed E-state index contributed by atoms with van der Waals surface area (Å²) in [6, 6.07) is 13.2. The minimum absolute atomic E-state index is 0.178. The van der Waals surface area contributed by atoms with Crippen molar-refractivity contribution in [1.82, 2.24) is 19.7 Å². The summed E-state index contributed by atoms with van der Waals surface area (Å²) in [4.78, 5) is 17.8. The molecule has 1 aliphatic rings. The number of carbonyl (C=O) groups is 1. The number of aromatic nitrogens is 3. The molecule has 0 saturated carbocycles. The lowest BCUT2D eigenvalue weighted by atomic mass is 9.92. The quantitative estimate of drug-likeness (QED) is 0.709. The van der Waals surface area contributed by atoms with Gasteiger partial charge in [0, 0.05) is 29.9 Å². The Bertz CT molecular complexity index is 982. The van der Waals surface area contributed by atoms with Crippen LogP contribution in [-0.2, 0) is 19.4 Å². The van der Waals surface area contributed by atoms with Gasteiger partial charge >= 0.3 is 0 Å². The highest BCUT2D eigenvalue weighted by atomic mass is 16.3. The van der Waals surface area contributed by atoms with Crippen LogP contribution >= 0.6 is 0 Å². The van der Waals surface area contributed by atoms with Crippen LogP contribution in [0.25, 0.3) is 5.82 Å². The summed E-state index contributed by atoms with van der Waals surface area (Å²) in [7, 11) is 2.08. The smallest absolute Gasteiger partial charge is 0.248 e. The Balaban J connectivity index is 1.49. The number of primary amides is 1. The summed E-state index contributed by atoms with van der Waals surface area (Å²) in [5.41, 5.74) is 8.78. The summed E-state index contributed by atoms with van der Waals surface area (Å²) in [6.07, 6.45) is 4.22. The standard InChI is InChI=1S/C21H23N5O2/c1-25(13-14-5-7-15(8-6-14)20(22)27)16-9-10-18-17(12-16)21(28)26(24-18)19-4-2-3-11-23-19/h2-8,11,16,28H,9-10,12-13H2,1H3,(H2,22,27). The predicted molar refractivity (Wildman–Crippen MR) is 105 cm³/mol. The van der Waals surface area contributed by atoms with E-state index in [0.717, 1.165) is 42.6 Å². The molecule has 1 aliphatic carbocycles. The molecule has 0 radical (unpaired) electrons. The van der Waals surface area contributed by atoms with Crippen LogP contribution in [0.5, 0.6) is 5.88 Å². The Hall–Kier alpha value is -3.19. The first-order chi connectivity index (χ1) is 13.5. The Kier molecular flexibility index (Phi) is 4.83. The molecule has 4 rings (SSSR count). The fourth-order valence-electron chi connectivity index (χ4n) is 3.74. The number of amides is 1. The summed E-state index contributed by atoms with van der Waals surface area (Å²) < 4.78 is 1.52. The monoisotopic (exact) mass is 377 g/mol. The number of hydrogen-bond donors (Lipinski definition) is 2. The van der Waals surface area contributed by atoms with Gasteiger partial charge in [-0.05, 0) is 56.1 Å². The Morgan fingerprint density at radius 1 is 1.29 bits per heavy atom. The first-order valence-electron chi connectivity index (χ1n) is 9.33. The van der Waals surface area contributed by atoms with Crippen LogP contribution in [0.1, 0.15) is 33.6 Å². The van der Waals surface area contributed by atoms with Crippen molar-refractivity contribution in [2.75, 3.05) is 7.05 Å². The second-order valence-electron chi connectivity index (χ2n) is 7.22.